The molecular weight excluding hydrogens is 286 g/mol. The van der Waals surface area contributed by atoms with Crippen LogP contribution >= 0.6 is 0 Å². The Balaban J connectivity index is 3.11. The first-order chi connectivity index (χ1) is 9.22. The van der Waals surface area contributed by atoms with Gasteiger partial charge in [-0.1, -0.05) is 6.92 Å². The molecule has 0 bridgehead atoms. The molecule has 1 atom stereocenters. The Bertz CT molecular complexity index is 620. The summed E-state index contributed by atoms with van der Waals surface area (Å²) in [6, 6.07) is -0.0147. The molecular formula is C11H17N3O5S. The van der Waals surface area contributed by atoms with Gasteiger partial charge in [0, 0.05) is 20.3 Å². The first-order valence-electron chi connectivity index (χ1n) is 5.86. The van der Waals surface area contributed by atoms with Crippen molar-refractivity contribution >= 4 is 21.9 Å². The minimum absolute atomic E-state index is 0.115. The first-order valence-corrected chi connectivity index (χ1v) is 7.34. The number of aliphatic carboxylic acids is 1. The molecule has 1 rings (SSSR count). The SMILES string of the molecule is CC[C@@H](NS(=O)(=O)c1cc(C(=O)NC)n(C)c1)C(=O)O. The summed E-state index contributed by atoms with van der Waals surface area (Å²) < 4.78 is 27.6. The fraction of sp³-hybridized carbons (Fsp3) is 0.455. The minimum Gasteiger partial charge on any atom is -0.480 e. The van der Waals surface area contributed by atoms with Gasteiger partial charge in [-0.05, 0) is 12.5 Å². The fourth-order valence-electron chi connectivity index (χ4n) is 1.60. The van der Waals surface area contributed by atoms with Crippen LogP contribution in [0.25, 0.3) is 0 Å². The Labute approximate surface area is 116 Å². The molecule has 1 amide bonds. The Morgan fingerprint density at radius 3 is 2.50 bits per heavy atom. The van der Waals surface area contributed by atoms with Gasteiger partial charge < -0.3 is 15.0 Å². The van der Waals surface area contributed by atoms with E-state index in [2.05, 4.69) is 10.0 Å². The number of carboxylic acids is 1. The number of amides is 1. The summed E-state index contributed by atoms with van der Waals surface area (Å²) in [4.78, 5) is 22.2. The number of aromatic nitrogens is 1. The van der Waals surface area contributed by atoms with E-state index < -0.39 is 27.9 Å². The summed E-state index contributed by atoms with van der Waals surface area (Å²) in [5.74, 6) is -1.68. The number of nitrogens with zero attached hydrogens (tertiary/aromatic N) is 1. The predicted octanol–water partition coefficient (Wildman–Crippen LogP) is -0.474. The van der Waals surface area contributed by atoms with Crippen LogP contribution in [0.3, 0.4) is 0 Å². The lowest BCUT2D eigenvalue weighted by atomic mass is 10.2. The summed E-state index contributed by atoms with van der Waals surface area (Å²) in [7, 11) is -1.04. The van der Waals surface area contributed by atoms with Crippen molar-refractivity contribution in [1.29, 1.82) is 0 Å². The van der Waals surface area contributed by atoms with Crippen LogP contribution in [0.4, 0.5) is 0 Å². The minimum atomic E-state index is -3.99. The standard InChI is InChI=1S/C11H17N3O5S/c1-4-8(11(16)17)13-20(18,19)7-5-9(10(15)12-2)14(3)6-7/h5-6,8,13H,4H2,1-3H3,(H,12,15)(H,16,17)/t8-/m1/s1. The molecule has 112 valence electrons. The van der Waals surface area contributed by atoms with Crippen molar-refractivity contribution in [2.45, 2.75) is 24.3 Å². The number of hydrogen-bond donors (Lipinski definition) is 3. The zero-order valence-corrected chi connectivity index (χ0v) is 12.2. The van der Waals surface area contributed by atoms with Crippen LogP contribution in [-0.2, 0) is 21.9 Å². The summed E-state index contributed by atoms with van der Waals surface area (Å²) in [6.45, 7) is 1.56. The molecule has 1 heterocycles. The number of aryl methyl sites for hydroxylation is 1. The molecule has 0 aromatic carbocycles. The van der Waals surface area contributed by atoms with Gasteiger partial charge in [0.15, 0.2) is 0 Å². The van der Waals surface area contributed by atoms with E-state index >= 15 is 0 Å². The summed E-state index contributed by atoms with van der Waals surface area (Å²) in [6.07, 6.45) is 1.37. The normalized spacial score (nSPS) is 12.9. The molecule has 0 aliphatic rings. The van der Waals surface area contributed by atoms with Crippen molar-refractivity contribution in [3.63, 3.8) is 0 Å². The summed E-state index contributed by atoms with van der Waals surface area (Å²) in [5, 5.41) is 11.3. The molecule has 9 heteroatoms. The topological polar surface area (TPSA) is 117 Å². The Kier molecular flexibility index (Phi) is 4.90. The molecule has 3 N–H and O–H groups in total. The second-order valence-corrected chi connectivity index (χ2v) is 5.89. The molecule has 1 aromatic heterocycles. The lowest BCUT2D eigenvalue weighted by Crippen LogP contribution is -2.40. The van der Waals surface area contributed by atoms with E-state index in [1.54, 1.807) is 6.92 Å². The van der Waals surface area contributed by atoms with E-state index in [1.165, 1.54) is 30.9 Å². The van der Waals surface area contributed by atoms with E-state index in [0.717, 1.165) is 0 Å². The van der Waals surface area contributed by atoms with E-state index in [1.807, 2.05) is 0 Å². The third-order valence-electron chi connectivity index (χ3n) is 2.75. The molecule has 0 saturated heterocycles. The predicted molar refractivity (Wildman–Crippen MR) is 70.8 cm³/mol. The van der Waals surface area contributed by atoms with E-state index in [9.17, 15) is 18.0 Å². The van der Waals surface area contributed by atoms with Crippen molar-refractivity contribution in [3.05, 3.63) is 18.0 Å². The van der Waals surface area contributed by atoms with E-state index in [4.69, 9.17) is 5.11 Å². The zero-order valence-electron chi connectivity index (χ0n) is 11.4. The van der Waals surface area contributed by atoms with Crippen LogP contribution in [0.5, 0.6) is 0 Å². The maximum Gasteiger partial charge on any atom is 0.321 e. The van der Waals surface area contributed by atoms with Gasteiger partial charge >= 0.3 is 5.97 Å². The first kappa shape index (κ1) is 16.2. The van der Waals surface area contributed by atoms with Crippen molar-refractivity contribution in [3.8, 4) is 0 Å². The highest BCUT2D eigenvalue weighted by Crippen LogP contribution is 2.14. The highest BCUT2D eigenvalue weighted by molar-refractivity contribution is 7.89. The molecule has 20 heavy (non-hydrogen) atoms. The zero-order chi connectivity index (χ0) is 15.5. The number of carboxylic acid groups (broad SMARTS) is 1. The van der Waals surface area contributed by atoms with Gasteiger partial charge in [-0.2, -0.15) is 4.72 Å². The number of nitrogens with one attached hydrogen (secondary N) is 2. The average molecular weight is 303 g/mol. The Morgan fingerprint density at radius 1 is 1.45 bits per heavy atom. The van der Waals surface area contributed by atoms with Crippen LogP contribution in [-0.4, -0.2) is 43.1 Å². The second-order valence-electron chi connectivity index (χ2n) is 4.17. The van der Waals surface area contributed by atoms with Gasteiger partial charge in [0.2, 0.25) is 10.0 Å². The van der Waals surface area contributed by atoms with Crippen LogP contribution in [0.1, 0.15) is 23.8 Å². The van der Waals surface area contributed by atoms with Gasteiger partial charge in [-0.3, -0.25) is 9.59 Å². The highest BCUT2D eigenvalue weighted by atomic mass is 32.2. The van der Waals surface area contributed by atoms with Gasteiger partial charge in [-0.25, -0.2) is 8.42 Å². The lowest BCUT2D eigenvalue weighted by Gasteiger charge is -2.11. The summed E-state index contributed by atoms with van der Waals surface area (Å²) >= 11 is 0. The maximum atomic E-state index is 12.1. The number of hydrogen-bond acceptors (Lipinski definition) is 4. The number of carbonyl (C=O) groups excluding carboxylic acids is 1. The monoisotopic (exact) mass is 303 g/mol. The summed E-state index contributed by atoms with van der Waals surface area (Å²) in [5.41, 5.74) is 0.163. The highest BCUT2D eigenvalue weighted by Gasteiger charge is 2.26. The van der Waals surface area contributed by atoms with Crippen molar-refractivity contribution in [2.24, 2.45) is 7.05 Å². The smallest absolute Gasteiger partial charge is 0.321 e. The van der Waals surface area contributed by atoms with Gasteiger partial charge in [0.05, 0.1) is 0 Å². The molecule has 0 radical (unpaired) electrons. The molecule has 0 spiro atoms. The van der Waals surface area contributed by atoms with Crippen LogP contribution in [0.2, 0.25) is 0 Å². The third kappa shape index (κ3) is 3.36. The van der Waals surface area contributed by atoms with Crippen molar-refractivity contribution < 1.29 is 23.1 Å². The van der Waals surface area contributed by atoms with Crippen LogP contribution < -0.4 is 10.0 Å². The Hall–Kier alpha value is -1.87. The number of carbonyl (C=O) groups is 2. The largest absolute Gasteiger partial charge is 0.480 e. The van der Waals surface area contributed by atoms with Crippen molar-refractivity contribution in [2.75, 3.05) is 7.05 Å². The average Bonchev–Trinajstić information content (AvgIpc) is 2.77. The van der Waals surface area contributed by atoms with Gasteiger partial charge in [-0.15, -0.1) is 0 Å². The molecule has 0 aliphatic heterocycles. The molecule has 0 unspecified atom stereocenters. The molecule has 1 aromatic rings. The maximum absolute atomic E-state index is 12.1. The van der Waals surface area contributed by atoms with Crippen LogP contribution in [0, 0.1) is 0 Å². The third-order valence-corrected chi connectivity index (χ3v) is 4.19. The van der Waals surface area contributed by atoms with E-state index in [0.29, 0.717) is 0 Å². The van der Waals surface area contributed by atoms with E-state index in [-0.39, 0.29) is 17.0 Å². The van der Waals surface area contributed by atoms with Gasteiger partial charge in [0.1, 0.15) is 16.6 Å². The van der Waals surface area contributed by atoms with Crippen LogP contribution in [0.15, 0.2) is 17.2 Å². The molecule has 0 saturated carbocycles. The second kappa shape index (κ2) is 6.06. The lowest BCUT2D eigenvalue weighted by molar-refractivity contribution is -0.139. The van der Waals surface area contributed by atoms with Gasteiger partial charge in [0.25, 0.3) is 5.91 Å². The molecule has 0 fully saturated rings. The Morgan fingerprint density at radius 2 is 2.05 bits per heavy atom. The number of rotatable bonds is 6. The number of sulfonamides is 1. The fourth-order valence-corrected chi connectivity index (χ4v) is 2.94. The molecule has 0 aliphatic carbocycles. The quantitative estimate of drug-likeness (QED) is 0.656. The van der Waals surface area contributed by atoms with Crippen molar-refractivity contribution in [1.82, 2.24) is 14.6 Å². The molecule has 8 nitrogen and oxygen atoms in total.